The van der Waals surface area contributed by atoms with Gasteiger partial charge in [-0.2, -0.15) is 0 Å². The van der Waals surface area contributed by atoms with Crippen LogP contribution >= 0.6 is 15.9 Å². The second kappa shape index (κ2) is 8.76. The van der Waals surface area contributed by atoms with Crippen LogP contribution in [0.15, 0.2) is 10.5 Å². The first-order valence-corrected chi connectivity index (χ1v) is 10.5. The maximum absolute atomic E-state index is 12.8. The number of carbonyl (C=O) groups is 2. The van der Waals surface area contributed by atoms with Gasteiger partial charge in [0.15, 0.2) is 0 Å². The lowest BCUT2D eigenvalue weighted by Gasteiger charge is -2.40. The lowest BCUT2D eigenvalue weighted by Crippen LogP contribution is -2.34. The van der Waals surface area contributed by atoms with E-state index in [9.17, 15) is 9.59 Å². The molecular weight excluding hydrogens is 408 g/mol. The number of rotatable bonds is 7. The standard InChI is InChI=1S/C22H31BrO4/c1-7-27-21(25)16-12-22(5,9-8-17(24)13(2)3)11-15-19(16)18(26-6)10-14(4)20(15)23/h10,13,16H,7-9,11-12H2,1-6H3/t16?,22-/m1/s1. The van der Waals surface area contributed by atoms with Crippen molar-refractivity contribution in [3.8, 4) is 5.75 Å². The summed E-state index contributed by atoms with van der Waals surface area (Å²) in [4.78, 5) is 25.0. The van der Waals surface area contributed by atoms with Crippen LogP contribution in [-0.4, -0.2) is 25.5 Å². The summed E-state index contributed by atoms with van der Waals surface area (Å²) in [7, 11) is 1.64. The molecule has 0 heterocycles. The average molecular weight is 439 g/mol. The summed E-state index contributed by atoms with van der Waals surface area (Å²) in [5.74, 6) is 0.465. The van der Waals surface area contributed by atoms with Crippen molar-refractivity contribution < 1.29 is 19.1 Å². The number of fused-ring (bicyclic) bond motifs is 1. The van der Waals surface area contributed by atoms with E-state index in [-0.39, 0.29) is 29.0 Å². The van der Waals surface area contributed by atoms with Gasteiger partial charge < -0.3 is 9.47 Å². The zero-order valence-corrected chi connectivity index (χ0v) is 18.9. The number of carbonyl (C=O) groups excluding carboxylic acids is 2. The van der Waals surface area contributed by atoms with Crippen LogP contribution in [0.3, 0.4) is 0 Å². The van der Waals surface area contributed by atoms with Crippen molar-refractivity contribution in [2.75, 3.05) is 13.7 Å². The van der Waals surface area contributed by atoms with E-state index in [2.05, 4.69) is 22.9 Å². The highest BCUT2D eigenvalue weighted by Crippen LogP contribution is 2.51. The highest BCUT2D eigenvalue weighted by Gasteiger charge is 2.42. The molecule has 1 aliphatic carbocycles. The summed E-state index contributed by atoms with van der Waals surface area (Å²) in [5.41, 5.74) is 2.98. The number of aryl methyl sites for hydroxylation is 1. The molecule has 150 valence electrons. The van der Waals surface area contributed by atoms with Crippen molar-refractivity contribution in [1.29, 1.82) is 0 Å². The number of methoxy groups -OCH3 is 1. The Morgan fingerprint density at radius 2 is 2.04 bits per heavy atom. The molecule has 0 radical (unpaired) electrons. The summed E-state index contributed by atoms with van der Waals surface area (Å²) in [5, 5.41) is 0. The van der Waals surface area contributed by atoms with Gasteiger partial charge in [0.1, 0.15) is 11.5 Å². The smallest absolute Gasteiger partial charge is 0.313 e. The number of hydrogen-bond acceptors (Lipinski definition) is 4. The Hall–Kier alpha value is -1.36. The number of benzene rings is 1. The minimum Gasteiger partial charge on any atom is -0.496 e. The summed E-state index contributed by atoms with van der Waals surface area (Å²) < 4.78 is 12.0. The fourth-order valence-corrected chi connectivity index (χ4v) is 4.48. The molecule has 0 saturated carbocycles. The van der Waals surface area contributed by atoms with Crippen molar-refractivity contribution in [3.05, 3.63) is 27.2 Å². The maximum atomic E-state index is 12.8. The van der Waals surface area contributed by atoms with Crippen molar-refractivity contribution >= 4 is 27.7 Å². The molecule has 2 atom stereocenters. The van der Waals surface area contributed by atoms with Crippen LogP contribution in [0.25, 0.3) is 0 Å². The van der Waals surface area contributed by atoms with E-state index >= 15 is 0 Å². The monoisotopic (exact) mass is 438 g/mol. The number of Topliss-reactive ketones (excluding diaryl/α,β-unsaturated/α-hetero) is 1. The van der Waals surface area contributed by atoms with Gasteiger partial charge in [-0.05, 0) is 55.7 Å². The van der Waals surface area contributed by atoms with Crippen molar-refractivity contribution in [2.45, 2.75) is 66.2 Å². The highest BCUT2D eigenvalue weighted by atomic mass is 79.9. The fourth-order valence-electron chi connectivity index (χ4n) is 4.01. The summed E-state index contributed by atoms with van der Waals surface area (Å²) in [6.45, 7) is 10.3. The van der Waals surface area contributed by atoms with Crippen molar-refractivity contribution in [2.24, 2.45) is 11.3 Å². The molecule has 1 aromatic rings. The van der Waals surface area contributed by atoms with Gasteiger partial charge in [-0.25, -0.2) is 0 Å². The van der Waals surface area contributed by atoms with Gasteiger partial charge in [-0.1, -0.05) is 36.7 Å². The molecule has 0 spiro atoms. The number of esters is 1. The average Bonchev–Trinajstić information content (AvgIpc) is 2.62. The second-order valence-electron chi connectivity index (χ2n) is 8.22. The van der Waals surface area contributed by atoms with E-state index in [1.54, 1.807) is 7.11 Å². The van der Waals surface area contributed by atoms with Crippen molar-refractivity contribution in [1.82, 2.24) is 0 Å². The lowest BCUT2D eigenvalue weighted by atomic mass is 9.65. The van der Waals surface area contributed by atoms with Crippen LogP contribution in [0.5, 0.6) is 5.75 Å². The molecule has 0 bridgehead atoms. The van der Waals surface area contributed by atoms with Gasteiger partial charge in [0.25, 0.3) is 0 Å². The molecule has 0 aliphatic heterocycles. The van der Waals surface area contributed by atoms with Gasteiger partial charge >= 0.3 is 5.97 Å². The third kappa shape index (κ3) is 4.74. The quantitative estimate of drug-likeness (QED) is 0.536. The topological polar surface area (TPSA) is 52.6 Å². The predicted molar refractivity (Wildman–Crippen MR) is 110 cm³/mol. The number of halogens is 1. The van der Waals surface area contributed by atoms with E-state index in [0.29, 0.717) is 19.4 Å². The third-order valence-electron chi connectivity index (χ3n) is 5.61. The van der Waals surface area contributed by atoms with Crippen LogP contribution in [0, 0.1) is 18.3 Å². The molecule has 2 rings (SSSR count). The molecule has 1 unspecified atom stereocenters. The van der Waals surface area contributed by atoms with Gasteiger partial charge in [0.2, 0.25) is 0 Å². The maximum Gasteiger partial charge on any atom is 0.313 e. The molecule has 0 fully saturated rings. The Balaban J connectivity index is 2.48. The predicted octanol–water partition coefficient (Wildman–Crippen LogP) is 5.37. The largest absolute Gasteiger partial charge is 0.496 e. The highest BCUT2D eigenvalue weighted by molar-refractivity contribution is 9.10. The Morgan fingerprint density at radius 3 is 2.59 bits per heavy atom. The zero-order valence-electron chi connectivity index (χ0n) is 17.3. The molecule has 5 heteroatoms. The Labute approximate surface area is 171 Å². The first kappa shape index (κ1) is 21.9. The first-order chi connectivity index (χ1) is 12.6. The van der Waals surface area contributed by atoms with Gasteiger partial charge in [-0.15, -0.1) is 0 Å². The Morgan fingerprint density at radius 1 is 1.37 bits per heavy atom. The molecule has 0 saturated heterocycles. The van der Waals surface area contributed by atoms with Crippen LogP contribution in [0.4, 0.5) is 0 Å². The summed E-state index contributed by atoms with van der Waals surface area (Å²) >= 11 is 3.73. The van der Waals surface area contributed by atoms with Crippen LogP contribution < -0.4 is 4.74 Å². The molecule has 1 aromatic carbocycles. The molecule has 0 amide bonds. The van der Waals surface area contributed by atoms with Crippen LogP contribution in [-0.2, 0) is 20.7 Å². The van der Waals surface area contributed by atoms with Gasteiger partial charge in [-0.3, -0.25) is 9.59 Å². The second-order valence-corrected chi connectivity index (χ2v) is 9.01. The molecule has 4 nitrogen and oxygen atoms in total. The lowest BCUT2D eigenvalue weighted by molar-refractivity contribution is -0.146. The van der Waals surface area contributed by atoms with E-state index in [0.717, 1.165) is 39.8 Å². The molecular formula is C22H31BrO4. The Kier molecular flexibility index (Phi) is 7.12. The number of hydrogen-bond donors (Lipinski definition) is 0. The normalized spacial score (nSPS) is 21.7. The van der Waals surface area contributed by atoms with E-state index in [4.69, 9.17) is 9.47 Å². The van der Waals surface area contributed by atoms with E-state index < -0.39 is 0 Å². The van der Waals surface area contributed by atoms with E-state index in [1.807, 2.05) is 33.8 Å². The van der Waals surface area contributed by atoms with E-state index in [1.165, 1.54) is 0 Å². The minimum atomic E-state index is -0.375. The number of ether oxygens (including phenoxy) is 2. The molecule has 27 heavy (non-hydrogen) atoms. The Bertz CT molecular complexity index is 726. The SMILES string of the molecule is CCOC(=O)C1C[C@](C)(CCC(=O)C(C)C)Cc2c(Br)c(C)cc(OC)c21. The number of ketones is 1. The third-order valence-corrected chi connectivity index (χ3v) is 6.71. The van der Waals surface area contributed by atoms with Gasteiger partial charge in [0.05, 0.1) is 19.6 Å². The molecule has 1 aliphatic rings. The van der Waals surface area contributed by atoms with Crippen LogP contribution in [0.2, 0.25) is 0 Å². The minimum absolute atomic E-state index is 0.0411. The van der Waals surface area contributed by atoms with Crippen molar-refractivity contribution in [3.63, 3.8) is 0 Å². The summed E-state index contributed by atoms with van der Waals surface area (Å²) in [6.07, 6.45) is 2.78. The first-order valence-electron chi connectivity index (χ1n) is 9.68. The fraction of sp³-hybridized carbons (Fsp3) is 0.636. The zero-order chi connectivity index (χ0) is 20.4. The molecule has 0 aromatic heterocycles. The van der Waals surface area contributed by atoms with Crippen LogP contribution in [0.1, 0.15) is 69.6 Å². The summed E-state index contributed by atoms with van der Waals surface area (Å²) in [6, 6.07) is 1.97. The molecule has 0 N–H and O–H groups in total. The van der Waals surface area contributed by atoms with Gasteiger partial charge in [0, 0.05) is 22.4 Å².